The van der Waals surface area contributed by atoms with Crippen LogP contribution in [-0.4, -0.2) is 50.2 Å². The van der Waals surface area contributed by atoms with Crippen LogP contribution < -0.4 is 10.2 Å². The van der Waals surface area contributed by atoms with Crippen molar-refractivity contribution in [1.82, 2.24) is 9.62 Å². The van der Waals surface area contributed by atoms with Gasteiger partial charge in [0.05, 0.1) is 4.90 Å². The molecule has 1 N–H and O–H groups in total. The summed E-state index contributed by atoms with van der Waals surface area (Å²) in [4.78, 5) is 26.4. The Balaban J connectivity index is 1.89. The van der Waals surface area contributed by atoms with Gasteiger partial charge in [0.25, 0.3) is 0 Å². The summed E-state index contributed by atoms with van der Waals surface area (Å²) in [5.41, 5.74) is 1.35. The Morgan fingerprint density at radius 2 is 1.82 bits per heavy atom. The molecule has 0 unspecified atom stereocenters. The molecule has 8 heteroatoms. The zero-order valence-electron chi connectivity index (χ0n) is 16.6. The number of hydrogen-bond acceptors (Lipinski definition) is 4. The van der Waals surface area contributed by atoms with Gasteiger partial charge in [-0.15, -0.1) is 0 Å². The SMILES string of the molecule is CCCNC(=O)[C@H]1Cc2cc(S(=O)(=O)N3CCCCCC3)ccc2N1C(C)=O. The maximum atomic E-state index is 13.1. The second kappa shape index (κ2) is 8.61. The Morgan fingerprint density at radius 1 is 1.14 bits per heavy atom. The number of benzene rings is 1. The highest BCUT2D eigenvalue weighted by Gasteiger charge is 2.38. The van der Waals surface area contributed by atoms with Crippen LogP contribution in [0.4, 0.5) is 5.69 Å². The average Bonchev–Trinajstić information content (AvgIpc) is 2.84. The fourth-order valence-corrected chi connectivity index (χ4v) is 5.55. The van der Waals surface area contributed by atoms with E-state index in [1.165, 1.54) is 11.8 Å². The van der Waals surface area contributed by atoms with Crippen LogP contribution in [0.1, 0.15) is 51.5 Å². The normalized spacial score (nSPS) is 20.5. The van der Waals surface area contributed by atoms with Gasteiger partial charge in [0, 0.05) is 38.7 Å². The molecule has 0 saturated carbocycles. The Labute approximate surface area is 167 Å². The molecule has 2 aliphatic heterocycles. The van der Waals surface area contributed by atoms with Crippen LogP contribution in [0.2, 0.25) is 0 Å². The largest absolute Gasteiger partial charge is 0.354 e. The van der Waals surface area contributed by atoms with E-state index in [9.17, 15) is 18.0 Å². The van der Waals surface area contributed by atoms with Gasteiger partial charge in [-0.05, 0) is 43.0 Å². The summed E-state index contributed by atoms with van der Waals surface area (Å²) in [6.07, 6.45) is 5.00. The highest BCUT2D eigenvalue weighted by Crippen LogP contribution is 2.35. The average molecular weight is 408 g/mol. The van der Waals surface area contributed by atoms with Crippen LogP contribution in [0, 0.1) is 0 Å². The fourth-order valence-electron chi connectivity index (χ4n) is 3.98. The third-order valence-corrected chi connectivity index (χ3v) is 7.32. The number of nitrogens with zero attached hydrogens (tertiary/aromatic N) is 2. The number of carbonyl (C=O) groups excluding carboxylic acids is 2. The van der Waals surface area contributed by atoms with E-state index in [4.69, 9.17) is 0 Å². The molecule has 1 aromatic carbocycles. The molecular formula is C20H29N3O4S. The van der Waals surface area contributed by atoms with E-state index < -0.39 is 16.1 Å². The standard InChI is InChI=1S/C20H29N3O4S/c1-3-10-21-20(25)19-14-16-13-17(8-9-18(16)23(19)15(2)24)28(26,27)22-11-6-4-5-7-12-22/h8-9,13,19H,3-7,10-12,14H2,1-2H3,(H,21,25)/t19-/m1/s1. The van der Waals surface area contributed by atoms with Crippen molar-refractivity contribution < 1.29 is 18.0 Å². The molecule has 28 heavy (non-hydrogen) atoms. The zero-order valence-corrected chi connectivity index (χ0v) is 17.4. The van der Waals surface area contributed by atoms with Crippen molar-refractivity contribution in [3.05, 3.63) is 23.8 Å². The molecule has 7 nitrogen and oxygen atoms in total. The summed E-state index contributed by atoms with van der Waals surface area (Å²) in [6.45, 7) is 5.03. The highest BCUT2D eigenvalue weighted by atomic mass is 32.2. The summed E-state index contributed by atoms with van der Waals surface area (Å²) >= 11 is 0. The van der Waals surface area contributed by atoms with E-state index in [-0.39, 0.29) is 16.7 Å². The maximum Gasteiger partial charge on any atom is 0.243 e. The summed E-state index contributed by atoms with van der Waals surface area (Å²) in [6, 6.07) is 4.23. The Kier molecular flexibility index (Phi) is 6.40. The predicted molar refractivity (Wildman–Crippen MR) is 108 cm³/mol. The van der Waals surface area contributed by atoms with E-state index in [1.54, 1.807) is 22.5 Å². The van der Waals surface area contributed by atoms with E-state index >= 15 is 0 Å². The first-order chi connectivity index (χ1) is 13.4. The van der Waals surface area contributed by atoms with Gasteiger partial charge in [0.1, 0.15) is 6.04 Å². The molecule has 0 radical (unpaired) electrons. The Morgan fingerprint density at radius 3 is 2.43 bits per heavy atom. The Bertz CT molecular complexity index is 845. The first-order valence-corrected chi connectivity index (χ1v) is 11.5. The second-order valence-electron chi connectivity index (χ2n) is 7.51. The molecule has 1 atom stereocenters. The van der Waals surface area contributed by atoms with E-state index in [0.717, 1.165) is 37.7 Å². The number of carbonyl (C=O) groups is 2. The number of nitrogens with one attached hydrogen (secondary N) is 1. The predicted octanol–water partition coefficient (Wildman–Crippen LogP) is 2.06. The van der Waals surface area contributed by atoms with Crippen molar-refractivity contribution in [3.8, 4) is 0 Å². The zero-order chi connectivity index (χ0) is 20.3. The van der Waals surface area contributed by atoms with Gasteiger partial charge in [-0.25, -0.2) is 8.42 Å². The first-order valence-electron chi connectivity index (χ1n) is 10.1. The van der Waals surface area contributed by atoms with Crippen molar-refractivity contribution in [3.63, 3.8) is 0 Å². The molecule has 2 amide bonds. The molecular weight excluding hydrogens is 378 g/mol. The van der Waals surface area contributed by atoms with Gasteiger partial charge in [-0.3, -0.25) is 14.5 Å². The lowest BCUT2D eigenvalue weighted by Gasteiger charge is -2.23. The number of amides is 2. The van der Waals surface area contributed by atoms with Gasteiger partial charge in [-0.2, -0.15) is 4.31 Å². The van der Waals surface area contributed by atoms with E-state index in [0.29, 0.717) is 31.7 Å². The minimum absolute atomic E-state index is 0.204. The lowest BCUT2D eigenvalue weighted by molar-refractivity contribution is -0.125. The van der Waals surface area contributed by atoms with Gasteiger partial charge in [-0.1, -0.05) is 19.8 Å². The lowest BCUT2D eigenvalue weighted by atomic mass is 10.1. The topological polar surface area (TPSA) is 86.8 Å². The number of anilines is 1. The summed E-state index contributed by atoms with van der Waals surface area (Å²) < 4.78 is 27.7. The molecule has 2 heterocycles. The van der Waals surface area contributed by atoms with Gasteiger partial charge in [0.15, 0.2) is 0 Å². The molecule has 1 saturated heterocycles. The molecule has 0 aliphatic carbocycles. The summed E-state index contributed by atoms with van der Waals surface area (Å²) in [5, 5.41) is 2.84. The molecule has 0 bridgehead atoms. The Hall–Kier alpha value is -1.93. The van der Waals surface area contributed by atoms with Crippen LogP contribution in [0.15, 0.2) is 23.1 Å². The third-order valence-electron chi connectivity index (χ3n) is 5.43. The minimum Gasteiger partial charge on any atom is -0.354 e. The molecule has 1 aromatic rings. The van der Waals surface area contributed by atoms with Crippen LogP contribution in [-0.2, 0) is 26.0 Å². The number of rotatable bonds is 5. The number of sulfonamides is 1. The minimum atomic E-state index is -3.57. The molecule has 3 rings (SSSR count). The van der Waals surface area contributed by atoms with Gasteiger partial charge >= 0.3 is 0 Å². The highest BCUT2D eigenvalue weighted by molar-refractivity contribution is 7.89. The van der Waals surface area contributed by atoms with Crippen molar-refractivity contribution in [2.75, 3.05) is 24.5 Å². The van der Waals surface area contributed by atoms with Gasteiger partial charge < -0.3 is 5.32 Å². The van der Waals surface area contributed by atoms with Crippen molar-refractivity contribution in [2.24, 2.45) is 0 Å². The van der Waals surface area contributed by atoms with Crippen LogP contribution in [0.5, 0.6) is 0 Å². The fraction of sp³-hybridized carbons (Fsp3) is 0.600. The number of fused-ring (bicyclic) bond motifs is 1. The van der Waals surface area contributed by atoms with Crippen LogP contribution >= 0.6 is 0 Å². The van der Waals surface area contributed by atoms with Crippen LogP contribution in [0.25, 0.3) is 0 Å². The quantitative estimate of drug-likeness (QED) is 0.809. The molecule has 2 aliphatic rings. The summed E-state index contributed by atoms with van der Waals surface area (Å²) in [7, 11) is -3.57. The third kappa shape index (κ3) is 4.07. The molecule has 0 spiro atoms. The summed E-state index contributed by atoms with van der Waals surface area (Å²) in [5.74, 6) is -0.427. The monoisotopic (exact) mass is 407 g/mol. The first kappa shape index (κ1) is 20.8. The van der Waals surface area contributed by atoms with Crippen molar-refractivity contribution >= 4 is 27.5 Å². The number of hydrogen-bond donors (Lipinski definition) is 1. The molecule has 1 fully saturated rings. The van der Waals surface area contributed by atoms with E-state index in [2.05, 4.69) is 5.32 Å². The lowest BCUT2D eigenvalue weighted by Crippen LogP contribution is -2.47. The molecule has 154 valence electrons. The van der Waals surface area contributed by atoms with Crippen molar-refractivity contribution in [2.45, 2.75) is 63.3 Å². The van der Waals surface area contributed by atoms with Crippen molar-refractivity contribution in [1.29, 1.82) is 0 Å². The van der Waals surface area contributed by atoms with Gasteiger partial charge in [0.2, 0.25) is 21.8 Å². The van der Waals surface area contributed by atoms with Crippen LogP contribution in [0.3, 0.4) is 0 Å². The smallest absolute Gasteiger partial charge is 0.243 e. The molecule has 0 aromatic heterocycles. The maximum absolute atomic E-state index is 13.1. The van der Waals surface area contributed by atoms with E-state index in [1.807, 2.05) is 6.92 Å². The second-order valence-corrected chi connectivity index (χ2v) is 9.45.